The Balaban J connectivity index is 3.08. The van der Waals surface area contributed by atoms with Gasteiger partial charge < -0.3 is 0 Å². The molecule has 1 unspecified atom stereocenters. The largest absolute Gasteiger partial charge is 0.0955 e. The Morgan fingerprint density at radius 3 is 2.42 bits per heavy atom. The minimum absolute atomic E-state index is 0.286. The molecule has 0 heterocycles. The van der Waals surface area contributed by atoms with Crippen molar-refractivity contribution in [1.29, 1.82) is 0 Å². The monoisotopic (exact) mass is 162 g/mol. The Morgan fingerprint density at radius 2 is 2.17 bits per heavy atom. The quantitative estimate of drug-likeness (QED) is 0.578. The van der Waals surface area contributed by atoms with Gasteiger partial charge in [-0.2, -0.15) is 0 Å². The van der Waals surface area contributed by atoms with E-state index in [4.69, 9.17) is 0 Å². The second-order valence-electron chi connectivity index (χ2n) is 3.92. The van der Waals surface area contributed by atoms with Crippen molar-refractivity contribution in [2.45, 2.75) is 34.1 Å². The summed E-state index contributed by atoms with van der Waals surface area (Å²) in [5, 5.41) is 0. The molecule has 0 nitrogen and oxygen atoms in total. The molecule has 1 aliphatic carbocycles. The zero-order chi connectivity index (χ0) is 9.35. The number of rotatable bonds is 2. The molecule has 0 saturated heterocycles. The van der Waals surface area contributed by atoms with Crippen molar-refractivity contribution in [1.82, 2.24) is 0 Å². The summed E-state index contributed by atoms with van der Waals surface area (Å²) in [4.78, 5) is 0. The Hall–Kier alpha value is -0.780. The van der Waals surface area contributed by atoms with Crippen LogP contribution < -0.4 is 0 Å². The molecule has 1 aliphatic rings. The number of allylic oxidation sites excluding steroid dienone is 5. The van der Waals surface area contributed by atoms with Crippen molar-refractivity contribution in [3.05, 3.63) is 35.5 Å². The van der Waals surface area contributed by atoms with Gasteiger partial charge in [0, 0.05) is 5.41 Å². The van der Waals surface area contributed by atoms with Crippen molar-refractivity contribution in [3.63, 3.8) is 0 Å². The van der Waals surface area contributed by atoms with E-state index in [0.717, 1.165) is 0 Å². The molecular weight excluding hydrogens is 144 g/mol. The van der Waals surface area contributed by atoms with Gasteiger partial charge in [-0.15, -0.1) is 0 Å². The first-order chi connectivity index (χ1) is 5.51. The maximum atomic E-state index is 3.98. The van der Waals surface area contributed by atoms with Crippen LogP contribution in [0.4, 0.5) is 0 Å². The van der Waals surface area contributed by atoms with Gasteiger partial charge in [0.15, 0.2) is 0 Å². The minimum atomic E-state index is 0.286. The zero-order valence-electron chi connectivity index (χ0n) is 8.57. The van der Waals surface area contributed by atoms with Crippen LogP contribution in [0.15, 0.2) is 35.5 Å². The first kappa shape index (κ1) is 9.31. The van der Waals surface area contributed by atoms with E-state index in [1.165, 1.54) is 23.1 Å². The molecule has 1 atom stereocenters. The topological polar surface area (TPSA) is 0 Å². The lowest BCUT2D eigenvalue weighted by atomic mass is 9.82. The summed E-state index contributed by atoms with van der Waals surface area (Å²) < 4.78 is 0. The lowest BCUT2D eigenvalue weighted by molar-refractivity contribution is 0.501. The Morgan fingerprint density at radius 1 is 1.58 bits per heavy atom. The minimum Gasteiger partial charge on any atom is -0.0955 e. The molecule has 1 rings (SSSR count). The summed E-state index contributed by atoms with van der Waals surface area (Å²) in [6.45, 7) is 12.8. The van der Waals surface area contributed by atoms with Gasteiger partial charge in [0.25, 0.3) is 0 Å². The molecule has 0 aliphatic heterocycles. The van der Waals surface area contributed by atoms with Gasteiger partial charge in [-0.3, -0.25) is 0 Å². The molecule has 0 aromatic carbocycles. The maximum absolute atomic E-state index is 3.98. The fourth-order valence-electron chi connectivity index (χ4n) is 1.67. The summed E-state index contributed by atoms with van der Waals surface area (Å²) in [5.41, 5.74) is 4.28. The summed E-state index contributed by atoms with van der Waals surface area (Å²) in [5.74, 6) is 0. The van der Waals surface area contributed by atoms with Crippen LogP contribution in [-0.2, 0) is 0 Å². The van der Waals surface area contributed by atoms with Crippen LogP contribution in [0.2, 0.25) is 0 Å². The number of hydrogen-bond donors (Lipinski definition) is 0. The second kappa shape index (κ2) is 2.93. The van der Waals surface area contributed by atoms with Crippen LogP contribution in [0.1, 0.15) is 34.1 Å². The maximum Gasteiger partial charge on any atom is 0.00695 e. The van der Waals surface area contributed by atoms with Crippen molar-refractivity contribution in [2.24, 2.45) is 5.41 Å². The highest BCUT2D eigenvalue weighted by atomic mass is 14.3. The van der Waals surface area contributed by atoms with Gasteiger partial charge in [-0.25, -0.2) is 0 Å². The van der Waals surface area contributed by atoms with E-state index in [9.17, 15) is 0 Å². The lowest BCUT2D eigenvalue weighted by Crippen LogP contribution is -2.10. The van der Waals surface area contributed by atoms with Crippen molar-refractivity contribution < 1.29 is 0 Å². The van der Waals surface area contributed by atoms with Crippen molar-refractivity contribution in [2.75, 3.05) is 0 Å². The molecule has 0 bridgehead atoms. The molecule has 0 aromatic rings. The molecule has 0 N–H and O–H groups in total. The van der Waals surface area contributed by atoms with Crippen LogP contribution in [-0.4, -0.2) is 0 Å². The standard InChI is InChI=1S/C12H18/c1-6-12(5)8-7-11(9(2)3)10(12)4/h7-8H,2,6H2,1,3-5H3. The third kappa shape index (κ3) is 1.26. The Kier molecular flexibility index (Phi) is 2.27. The lowest BCUT2D eigenvalue weighted by Gasteiger charge is -2.22. The summed E-state index contributed by atoms with van der Waals surface area (Å²) in [7, 11) is 0. The Labute approximate surface area is 75.7 Å². The van der Waals surface area contributed by atoms with E-state index in [1.54, 1.807) is 0 Å². The normalized spacial score (nSPS) is 28.3. The van der Waals surface area contributed by atoms with E-state index in [0.29, 0.717) is 0 Å². The van der Waals surface area contributed by atoms with Gasteiger partial charge in [0.05, 0.1) is 0 Å². The smallest absolute Gasteiger partial charge is 0.00695 e. The Bertz CT molecular complexity index is 266. The van der Waals surface area contributed by atoms with Crippen LogP contribution >= 0.6 is 0 Å². The molecule has 0 heteroatoms. The molecule has 0 amide bonds. The summed E-state index contributed by atoms with van der Waals surface area (Å²) in [6.07, 6.45) is 5.68. The van der Waals surface area contributed by atoms with E-state index < -0.39 is 0 Å². The average molecular weight is 162 g/mol. The van der Waals surface area contributed by atoms with Gasteiger partial charge in [0.2, 0.25) is 0 Å². The van der Waals surface area contributed by atoms with Gasteiger partial charge in [-0.05, 0) is 25.8 Å². The molecule has 0 saturated carbocycles. The highest BCUT2D eigenvalue weighted by Crippen LogP contribution is 2.41. The van der Waals surface area contributed by atoms with Crippen molar-refractivity contribution in [3.8, 4) is 0 Å². The van der Waals surface area contributed by atoms with Gasteiger partial charge >= 0.3 is 0 Å². The van der Waals surface area contributed by atoms with E-state index in [1.807, 2.05) is 0 Å². The third-order valence-corrected chi connectivity index (χ3v) is 3.07. The molecule has 12 heavy (non-hydrogen) atoms. The van der Waals surface area contributed by atoms with Gasteiger partial charge in [0.1, 0.15) is 0 Å². The predicted molar refractivity (Wildman–Crippen MR) is 55.1 cm³/mol. The summed E-state index contributed by atoms with van der Waals surface area (Å²) >= 11 is 0. The second-order valence-corrected chi connectivity index (χ2v) is 3.92. The SMILES string of the molecule is C=C(C)C1=C(C)C(C)(CC)C=C1. The highest BCUT2D eigenvalue weighted by Gasteiger charge is 2.27. The highest BCUT2D eigenvalue weighted by molar-refractivity contribution is 5.49. The van der Waals surface area contributed by atoms with E-state index in [2.05, 4.69) is 46.4 Å². The van der Waals surface area contributed by atoms with E-state index >= 15 is 0 Å². The molecule has 0 aromatic heterocycles. The zero-order valence-corrected chi connectivity index (χ0v) is 8.57. The van der Waals surface area contributed by atoms with Crippen LogP contribution in [0.3, 0.4) is 0 Å². The fourth-order valence-corrected chi connectivity index (χ4v) is 1.67. The molecule has 0 spiro atoms. The van der Waals surface area contributed by atoms with Gasteiger partial charge in [-0.1, -0.05) is 43.7 Å². The van der Waals surface area contributed by atoms with E-state index in [-0.39, 0.29) is 5.41 Å². The predicted octanol–water partition coefficient (Wildman–Crippen LogP) is 3.87. The van der Waals surface area contributed by atoms with Crippen LogP contribution in [0.5, 0.6) is 0 Å². The first-order valence-electron chi connectivity index (χ1n) is 4.57. The molecular formula is C12H18. The van der Waals surface area contributed by atoms with Crippen LogP contribution in [0, 0.1) is 5.41 Å². The number of hydrogen-bond acceptors (Lipinski definition) is 0. The average Bonchev–Trinajstić information content (AvgIpc) is 2.30. The molecule has 0 fully saturated rings. The molecule has 66 valence electrons. The fraction of sp³-hybridized carbons (Fsp3) is 0.500. The van der Waals surface area contributed by atoms with Crippen LogP contribution in [0.25, 0.3) is 0 Å². The summed E-state index contributed by atoms with van der Waals surface area (Å²) in [6, 6.07) is 0. The molecule has 0 radical (unpaired) electrons. The van der Waals surface area contributed by atoms with Crippen molar-refractivity contribution >= 4 is 0 Å². The third-order valence-electron chi connectivity index (χ3n) is 3.07. The first-order valence-corrected chi connectivity index (χ1v) is 4.57.